The predicted octanol–water partition coefficient (Wildman–Crippen LogP) is 4.78. The fraction of sp³-hybridized carbons (Fsp3) is 0.355. The molecule has 3 aromatic heterocycles. The minimum atomic E-state index is -0.532. The smallest absolute Gasteiger partial charge is 0.427 e. The zero-order valence-corrected chi connectivity index (χ0v) is 24.3. The molecule has 1 saturated heterocycles. The molecule has 1 amide bonds. The number of nitrogens with zero attached hydrogens (tertiary/aromatic N) is 5. The van der Waals surface area contributed by atoms with Gasteiger partial charge in [0.15, 0.2) is 5.75 Å². The first-order chi connectivity index (χ1) is 20.4. The molecule has 11 heteroatoms. The number of hydrogen-bond acceptors (Lipinski definition) is 9. The zero-order chi connectivity index (χ0) is 29.6. The minimum Gasteiger partial charge on any atom is -0.491 e. The van der Waals surface area contributed by atoms with E-state index >= 15 is 0 Å². The number of rotatable bonds is 11. The molecule has 1 atom stereocenters. The van der Waals surface area contributed by atoms with Crippen molar-refractivity contribution in [1.29, 1.82) is 0 Å². The van der Waals surface area contributed by atoms with E-state index in [1.165, 1.54) is 4.57 Å². The molecule has 1 unspecified atom stereocenters. The molecule has 0 radical (unpaired) electrons. The molecule has 1 fully saturated rings. The van der Waals surface area contributed by atoms with Crippen LogP contribution in [-0.4, -0.2) is 37.2 Å². The first-order valence-electron chi connectivity index (χ1n) is 14.3. The fourth-order valence-electron chi connectivity index (χ4n) is 4.90. The summed E-state index contributed by atoms with van der Waals surface area (Å²) >= 11 is 0. The lowest BCUT2D eigenvalue weighted by atomic mass is 9.99. The van der Waals surface area contributed by atoms with Gasteiger partial charge in [-0.2, -0.15) is 0 Å². The van der Waals surface area contributed by atoms with Gasteiger partial charge in [0, 0.05) is 35.2 Å². The predicted molar refractivity (Wildman–Crippen MR) is 157 cm³/mol. The summed E-state index contributed by atoms with van der Waals surface area (Å²) in [6.07, 6.45) is 6.89. The first-order valence-corrected chi connectivity index (χ1v) is 14.3. The molecule has 4 heterocycles. The number of unbranched alkanes of at least 4 members (excludes halogenated alkanes) is 1. The van der Waals surface area contributed by atoms with Crippen LogP contribution in [0.15, 0.2) is 59.8 Å². The highest BCUT2D eigenvalue weighted by Gasteiger charge is 2.26. The Morgan fingerprint density at radius 1 is 1.02 bits per heavy atom. The maximum Gasteiger partial charge on any atom is 0.427 e. The van der Waals surface area contributed by atoms with Crippen LogP contribution in [0.5, 0.6) is 5.75 Å². The number of nitrogens with one attached hydrogen (secondary N) is 2. The number of benzene rings is 1. The highest BCUT2D eigenvalue weighted by molar-refractivity contribution is 5.71. The molecule has 0 bridgehead atoms. The van der Waals surface area contributed by atoms with Crippen molar-refractivity contribution in [2.24, 2.45) is 0 Å². The lowest BCUT2D eigenvalue weighted by molar-refractivity contribution is 0.122. The second kappa shape index (κ2) is 12.9. The Balaban J connectivity index is 1.51. The van der Waals surface area contributed by atoms with E-state index in [-0.39, 0.29) is 17.4 Å². The quantitative estimate of drug-likeness (QED) is 0.262. The number of hydroxylamine groups is 1. The Morgan fingerprint density at radius 2 is 1.81 bits per heavy atom. The highest BCUT2D eigenvalue weighted by Crippen LogP contribution is 2.28. The van der Waals surface area contributed by atoms with Gasteiger partial charge in [0.25, 0.3) is 5.56 Å². The van der Waals surface area contributed by atoms with E-state index < -0.39 is 12.3 Å². The Kier molecular flexibility index (Phi) is 8.87. The maximum atomic E-state index is 14.1. The van der Waals surface area contributed by atoms with Crippen LogP contribution in [0.3, 0.4) is 0 Å². The molecular weight excluding hydrogens is 534 g/mol. The van der Waals surface area contributed by atoms with E-state index in [0.29, 0.717) is 36.6 Å². The number of hydrogen-bond donors (Lipinski definition) is 2. The summed E-state index contributed by atoms with van der Waals surface area (Å²) in [6, 6.07) is 11.5. The van der Waals surface area contributed by atoms with Crippen LogP contribution < -0.4 is 21.1 Å². The lowest BCUT2D eigenvalue weighted by Gasteiger charge is -2.18. The fourth-order valence-corrected chi connectivity index (χ4v) is 4.90. The normalized spacial score (nSPS) is 14.6. The molecule has 0 saturated carbocycles. The average molecular weight is 570 g/mol. The Hall–Kier alpha value is -4.64. The molecule has 42 heavy (non-hydrogen) atoms. The van der Waals surface area contributed by atoms with Crippen LogP contribution in [0.4, 0.5) is 4.79 Å². The van der Waals surface area contributed by atoms with Crippen molar-refractivity contribution in [3.8, 4) is 23.0 Å². The minimum absolute atomic E-state index is 0.0205. The van der Waals surface area contributed by atoms with Crippen molar-refractivity contribution in [3.63, 3.8) is 0 Å². The topological polar surface area (TPSA) is 133 Å². The average Bonchev–Trinajstić information content (AvgIpc) is 3.44. The van der Waals surface area contributed by atoms with Crippen molar-refractivity contribution in [3.05, 3.63) is 93.6 Å². The van der Waals surface area contributed by atoms with Crippen molar-refractivity contribution in [2.75, 3.05) is 6.61 Å². The highest BCUT2D eigenvalue weighted by atomic mass is 16.7. The molecule has 0 aliphatic carbocycles. The number of amides is 1. The van der Waals surface area contributed by atoms with Gasteiger partial charge in [-0.1, -0.05) is 57.5 Å². The van der Waals surface area contributed by atoms with Crippen molar-refractivity contribution >= 4 is 6.09 Å². The van der Waals surface area contributed by atoms with Gasteiger partial charge in [-0.3, -0.25) is 15.1 Å². The van der Waals surface area contributed by atoms with E-state index in [0.717, 1.165) is 40.9 Å². The number of carbonyl (C=O) groups excluding carboxylic acids is 1. The third-order valence-electron chi connectivity index (χ3n) is 6.98. The third-order valence-corrected chi connectivity index (χ3v) is 6.98. The second-order valence-electron chi connectivity index (χ2n) is 10.3. The summed E-state index contributed by atoms with van der Waals surface area (Å²) in [5.41, 5.74) is 7.22. The van der Waals surface area contributed by atoms with Crippen LogP contribution in [0.25, 0.3) is 17.2 Å². The summed E-state index contributed by atoms with van der Waals surface area (Å²) in [6.45, 7) is 8.53. The van der Waals surface area contributed by atoms with Crippen LogP contribution >= 0.6 is 0 Å². The SMILES string of the molecule is CCCCc1nc(C(C)C)n(-c2ncc(OCC)cn2)c(=O)c1Cc1ccc(-c2ccccc2C2NOC(=O)N2)nc1. The van der Waals surface area contributed by atoms with Crippen molar-refractivity contribution in [2.45, 2.75) is 65.5 Å². The molecule has 1 aromatic carbocycles. The number of ether oxygens (including phenoxy) is 1. The van der Waals surface area contributed by atoms with Gasteiger partial charge in [-0.05, 0) is 31.4 Å². The third kappa shape index (κ3) is 6.15. The van der Waals surface area contributed by atoms with E-state index in [9.17, 15) is 9.59 Å². The van der Waals surface area contributed by atoms with Crippen LogP contribution in [-0.2, 0) is 17.7 Å². The number of aryl methyl sites for hydroxylation is 1. The van der Waals surface area contributed by atoms with Gasteiger partial charge in [-0.25, -0.2) is 24.3 Å². The van der Waals surface area contributed by atoms with Gasteiger partial charge in [0.1, 0.15) is 12.0 Å². The van der Waals surface area contributed by atoms with Crippen LogP contribution in [0.2, 0.25) is 0 Å². The van der Waals surface area contributed by atoms with Crippen molar-refractivity contribution in [1.82, 2.24) is 35.3 Å². The number of pyridine rings is 1. The molecule has 0 spiro atoms. The Bertz CT molecular complexity index is 1600. The van der Waals surface area contributed by atoms with Gasteiger partial charge in [-0.15, -0.1) is 5.48 Å². The molecule has 5 rings (SSSR count). The summed E-state index contributed by atoms with van der Waals surface area (Å²) < 4.78 is 7.01. The largest absolute Gasteiger partial charge is 0.491 e. The standard InChI is InChI=1S/C31H35N7O4/c1-5-7-12-26-24(29(39)38(28(35-26)19(3)4)30-33-17-21(18-34-30)41-6-2)15-20-13-14-25(32-16-20)22-10-8-9-11-23(22)27-36-31(40)42-37-27/h8-11,13-14,16-19,27,37H,5-7,12,15H2,1-4H3,(H,36,40). The maximum absolute atomic E-state index is 14.1. The molecule has 2 N–H and O–H groups in total. The molecule has 1 aliphatic heterocycles. The van der Waals surface area contributed by atoms with E-state index in [2.05, 4.69) is 27.7 Å². The molecule has 11 nitrogen and oxygen atoms in total. The Morgan fingerprint density at radius 3 is 2.45 bits per heavy atom. The van der Waals surface area contributed by atoms with E-state index in [1.807, 2.05) is 57.2 Å². The van der Waals surface area contributed by atoms with Crippen molar-refractivity contribution < 1.29 is 14.4 Å². The van der Waals surface area contributed by atoms with Crippen LogP contribution in [0, 0.1) is 0 Å². The summed E-state index contributed by atoms with van der Waals surface area (Å²) in [5.74, 6) is 1.41. The summed E-state index contributed by atoms with van der Waals surface area (Å²) in [5, 5.41) is 2.73. The molecular formula is C31H35N7O4. The second-order valence-corrected chi connectivity index (χ2v) is 10.3. The molecule has 1 aliphatic rings. The van der Waals surface area contributed by atoms with E-state index in [4.69, 9.17) is 19.5 Å². The van der Waals surface area contributed by atoms with E-state index in [1.54, 1.807) is 18.6 Å². The van der Waals surface area contributed by atoms with Gasteiger partial charge in [0.2, 0.25) is 5.95 Å². The van der Waals surface area contributed by atoms with Crippen LogP contribution in [0.1, 0.15) is 80.8 Å². The van der Waals surface area contributed by atoms with Gasteiger partial charge >= 0.3 is 6.09 Å². The Labute approximate surface area is 244 Å². The number of aromatic nitrogens is 5. The lowest BCUT2D eigenvalue weighted by Crippen LogP contribution is -2.31. The monoisotopic (exact) mass is 569 g/mol. The summed E-state index contributed by atoms with van der Waals surface area (Å²) in [4.78, 5) is 49.2. The molecule has 4 aromatic rings. The zero-order valence-electron chi connectivity index (χ0n) is 24.3. The van der Waals surface area contributed by atoms with Gasteiger partial charge in [0.05, 0.1) is 30.4 Å². The summed E-state index contributed by atoms with van der Waals surface area (Å²) in [7, 11) is 0. The molecule has 218 valence electrons. The van der Waals surface area contributed by atoms with Gasteiger partial charge < -0.3 is 9.57 Å². The first kappa shape index (κ1) is 28.9. The number of carbonyl (C=O) groups is 1.